The molecule has 2 unspecified atom stereocenters. The number of aliphatic carboxylic acids is 1. The predicted octanol–water partition coefficient (Wildman–Crippen LogP) is 1.14. The molecule has 1 aromatic heterocycles. The van der Waals surface area contributed by atoms with E-state index in [2.05, 4.69) is 5.10 Å². The number of aromatic nitrogens is 2. The molecular weight excluding hydrogens is 280 g/mol. The van der Waals surface area contributed by atoms with E-state index in [-0.39, 0.29) is 29.9 Å². The molecule has 0 bridgehead atoms. The van der Waals surface area contributed by atoms with Gasteiger partial charge in [0, 0.05) is 18.7 Å². The van der Waals surface area contributed by atoms with Gasteiger partial charge in [0.25, 0.3) is 0 Å². The summed E-state index contributed by atoms with van der Waals surface area (Å²) >= 11 is 0. The molecule has 2 atom stereocenters. The normalized spacial score (nSPS) is 23.1. The molecule has 1 aliphatic heterocycles. The summed E-state index contributed by atoms with van der Waals surface area (Å²) in [5, 5.41) is 13.7. The van der Waals surface area contributed by atoms with Crippen LogP contribution in [0.25, 0.3) is 0 Å². The fourth-order valence-corrected chi connectivity index (χ4v) is 4.48. The van der Waals surface area contributed by atoms with Crippen LogP contribution in [0, 0.1) is 11.8 Å². The van der Waals surface area contributed by atoms with Gasteiger partial charge in [-0.3, -0.25) is 9.48 Å². The van der Waals surface area contributed by atoms with Crippen molar-refractivity contribution in [3.63, 3.8) is 0 Å². The summed E-state index contributed by atoms with van der Waals surface area (Å²) in [6.07, 6.45) is 2.55. The lowest BCUT2D eigenvalue weighted by Gasteiger charge is -2.17. The zero-order chi connectivity index (χ0) is 14.9. The van der Waals surface area contributed by atoms with E-state index in [1.165, 1.54) is 0 Å². The second-order valence-corrected chi connectivity index (χ2v) is 7.92. The molecule has 6 nitrogen and oxygen atoms in total. The van der Waals surface area contributed by atoms with Crippen LogP contribution in [0.1, 0.15) is 32.0 Å². The highest BCUT2D eigenvalue weighted by Crippen LogP contribution is 2.28. The number of carbonyl (C=O) groups is 1. The van der Waals surface area contributed by atoms with E-state index in [1.54, 1.807) is 10.7 Å². The molecule has 0 amide bonds. The van der Waals surface area contributed by atoms with E-state index >= 15 is 0 Å². The highest BCUT2D eigenvalue weighted by molar-refractivity contribution is 7.91. The van der Waals surface area contributed by atoms with Crippen molar-refractivity contribution in [2.45, 2.75) is 32.7 Å². The molecule has 0 aromatic carbocycles. The predicted molar refractivity (Wildman–Crippen MR) is 74.2 cm³/mol. The minimum Gasteiger partial charge on any atom is -0.481 e. The standard InChI is InChI=1S/C13H20N2O4S/c1-9(2)15-5-3-11(14-15)7-12(13(16)17)10-4-6-20(18,19)8-10/h3,5,9-10,12H,4,6-8H2,1-2H3,(H,16,17). The van der Waals surface area contributed by atoms with E-state index in [9.17, 15) is 18.3 Å². The van der Waals surface area contributed by atoms with Crippen molar-refractivity contribution in [2.75, 3.05) is 11.5 Å². The summed E-state index contributed by atoms with van der Waals surface area (Å²) in [4.78, 5) is 11.4. The molecule has 1 fully saturated rings. The van der Waals surface area contributed by atoms with Crippen molar-refractivity contribution in [1.82, 2.24) is 9.78 Å². The maximum atomic E-state index is 11.5. The van der Waals surface area contributed by atoms with Gasteiger partial charge >= 0.3 is 5.97 Å². The van der Waals surface area contributed by atoms with Gasteiger partial charge in [0.15, 0.2) is 9.84 Å². The van der Waals surface area contributed by atoms with E-state index in [0.717, 1.165) is 0 Å². The van der Waals surface area contributed by atoms with Gasteiger partial charge in [-0.2, -0.15) is 5.10 Å². The fourth-order valence-electron chi connectivity index (χ4n) is 2.60. The molecule has 1 saturated heterocycles. The number of nitrogens with zero attached hydrogens (tertiary/aromatic N) is 2. The summed E-state index contributed by atoms with van der Waals surface area (Å²) in [5.74, 6) is -1.84. The summed E-state index contributed by atoms with van der Waals surface area (Å²) in [6.45, 7) is 3.99. The maximum Gasteiger partial charge on any atom is 0.307 e. The van der Waals surface area contributed by atoms with E-state index in [1.807, 2.05) is 20.0 Å². The van der Waals surface area contributed by atoms with Crippen molar-refractivity contribution in [3.8, 4) is 0 Å². The molecule has 2 rings (SSSR count). The quantitative estimate of drug-likeness (QED) is 0.881. The first-order valence-electron chi connectivity index (χ1n) is 6.76. The molecule has 0 radical (unpaired) electrons. The van der Waals surface area contributed by atoms with Crippen LogP contribution in [-0.4, -0.2) is 40.8 Å². The van der Waals surface area contributed by atoms with Gasteiger partial charge in [0.05, 0.1) is 23.1 Å². The van der Waals surface area contributed by atoms with Gasteiger partial charge in [-0.15, -0.1) is 0 Å². The molecule has 1 aromatic rings. The van der Waals surface area contributed by atoms with Gasteiger partial charge in [-0.25, -0.2) is 8.42 Å². The third-order valence-corrected chi connectivity index (χ3v) is 5.57. The number of hydrogen-bond donors (Lipinski definition) is 1. The van der Waals surface area contributed by atoms with Gasteiger partial charge in [0.1, 0.15) is 0 Å². The molecule has 112 valence electrons. The topological polar surface area (TPSA) is 89.3 Å². The first-order valence-corrected chi connectivity index (χ1v) is 8.58. The van der Waals surface area contributed by atoms with Crippen molar-refractivity contribution in [1.29, 1.82) is 0 Å². The molecule has 1 N–H and O–H groups in total. The Hall–Kier alpha value is -1.37. The van der Waals surface area contributed by atoms with Crippen LogP contribution in [0.4, 0.5) is 0 Å². The van der Waals surface area contributed by atoms with Gasteiger partial charge in [-0.05, 0) is 32.3 Å². The van der Waals surface area contributed by atoms with Crippen molar-refractivity contribution in [2.24, 2.45) is 11.8 Å². The number of carboxylic acids is 1. The van der Waals surface area contributed by atoms with Crippen LogP contribution in [0.3, 0.4) is 0 Å². The zero-order valence-electron chi connectivity index (χ0n) is 11.7. The van der Waals surface area contributed by atoms with Crippen LogP contribution in [0.5, 0.6) is 0 Å². The minimum absolute atomic E-state index is 0.0190. The first-order chi connectivity index (χ1) is 9.28. The second-order valence-electron chi connectivity index (χ2n) is 5.69. The highest BCUT2D eigenvalue weighted by Gasteiger charge is 2.37. The van der Waals surface area contributed by atoms with Gasteiger partial charge in [0.2, 0.25) is 0 Å². The Balaban J connectivity index is 2.12. The number of hydrogen-bond acceptors (Lipinski definition) is 4. The van der Waals surface area contributed by atoms with Crippen LogP contribution in [-0.2, 0) is 21.1 Å². The SMILES string of the molecule is CC(C)n1ccc(CC(C(=O)O)C2CCS(=O)(=O)C2)n1. The average Bonchev–Trinajstić information content (AvgIpc) is 2.92. The van der Waals surface area contributed by atoms with Crippen LogP contribution in [0.15, 0.2) is 12.3 Å². The number of sulfone groups is 1. The van der Waals surface area contributed by atoms with E-state index in [4.69, 9.17) is 0 Å². The van der Waals surface area contributed by atoms with Crippen LogP contribution < -0.4 is 0 Å². The van der Waals surface area contributed by atoms with Crippen LogP contribution in [0.2, 0.25) is 0 Å². The van der Waals surface area contributed by atoms with Gasteiger partial charge in [-0.1, -0.05) is 0 Å². The first kappa shape index (κ1) is 15.0. The summed E-state index contributed by atoms with van der Waals surface area (Å²) in [6, 6.07) is 2.03. The maximum absolute atomic E-state index is 11.5. The highest BCUT2D eigenvalue weighted by atomic mass is 32.2. The van der Waals surface area contributed by atoms with Crippen molar-refractivity contribution < 1.29 is 18.3 Å². The van der Waals surface area contributed by atoms with E-state index in [0.29, 0.717) is 12.1 Å². The van der Waals surface area contributed by atoms with E-state index < -0.39 is 21.7 Å². The Bertz CT molecular complexity index is 591. The number of rotatable bonds is 5. The van der Waals surface area contributed by atoms with Crippen molar-refractivity contribution in [3.05, 3.63) is 18.0 Å². The molecule has 1 aliphatic rings. The lowest BCUT2D eigenvalue weighted by Crippen LogP contribution is -2.27. The largest absolute Gasteiger partial charge is 0.481 e. The Kier molecular flexibility index (Phi) is 4.17. The Morgan fingerprint density at radius 1 is 1.55 bits per heavy atom. The molecule has 0 aliphatic carbocycles. The molecule has 20 heavy (non-hydrogen) atoms. The Labute approximate surface area is 118 Å². The fraction of sp³-hybridized carbons (Fsp3) is 0.692. The van der Waals surface area contributed by atoms with Crippen molar-refractivity contribution >= 4 is 15.8 Å². The average molecular weight is 300 g/mol. The second kappa shape index (κ2) is 5.55. The Morgan fingerprint density at radius 3 is 2.70 bits per heavy atom. The molecule has 2 heterocycles. The number of carboxylic acid groups (broad SMARTS) is 1. The minimum atomic E-state index is -3.06. The summed E-state index contributed by atoms with van der Waals surface area (Å²) < 4.78 is 24.8. The zero-order valence-corrected chi connectivity index (χ0v) is 12.5. The summed E-state index contributed by atoms with van der Waals surface area (Å²) in [5.41, 5.74) is 0.704. The Morgan fingerprint density at radius 2 is 2.25 bits per heavy atom. The molecule has 0 spiro atoms. The smallest absolute Gasteiger partial charge is 0.307 e. The van der Waals surface area contributed by atoms with Crippen LogP contribution >= 0.6 is 0 Å². The lowest BCUT2D eigenvalue weighted by molar-refractivity contribution is -0.143. The monoisotopic (exact) mass is 300 g/mol. The third kappa shape index (κ3) is 3.39. The molecule has 0 saturated carbocycles. The third-order valence-electron chi connectivity index (χ3n) is 3.78. The molecular formula is C13H20N2O4S. The lowest BCUT2D eigenvalue weighted by atomic mass is 9.88. The summed E-state index contributed by atoms with van der Waals surface area (Å²) in [7, 11) is -3.06. The van der Waals surface area contributed by atoms with Gasteiger partial charge < -0.3 is 5.11 Å². The molecule has 7 heteroatoms.